The highest BCUT2D eigenvalue weighted by molar-refractivity contribution is 8.30. The Bertz CT molecular complexity index is 250. The standard InChI is InChI=1S/C6H8N2O3S/c1-8-3(9)2-6(7)4(10)12-5(6)11/h2,7H2,1H3,(H,8,9). The van der Waals surface area contributed by atoms with E-state index in [-0.39, 0.29) is 6.42 Å². The van der Waals surface area contributed by atoms with E-state index in [1.54, 1.807) is 0 Å². The number of nitrogens with two attached hydrogens (primary N) is 1. The summed E-state index contributed by atoms with van der Waals surface area (Å²) in [5.41, 5.74) is 3.82. The molecule has 0 spiro atoms. The van der Waals surface area contributed by atoms with Crippen LogP contribution in [0.15, 0.2) is 0 Å². The highest BCUT2D eigenvalue weighted by Gasteiger charge is 2.54. The Kier molecular flexibility index (Phi) is 2.20. The monoisotopic (exact) mass is 188 g/mol. The molecule has 0 aromatic rings. The van der Waals surface area contributed by atoms with Crippen LogP contribution in [0.4, 0.5) is 0 Å². The molecule has 1 heterocycles. The molecule has 12 heavy (non-hydrogen) atoms. The number of rotatable bonds is 2. The summed E-state index contributed by atoms with van der Waals surface area (Å²) >= 11 is 0.560. The van der Waals surface area contributed by atoms with E-state index in [4.69, 9.17) is 5.73 Å². The summed E-state index contributed by atoms with van der Waals surface area (Å²) in [5.74, 6) is -0.403. The third kappa shape index (κ3) is 1.23. The second kappa shape index (κ2) is 2.87. The lowest BCUT2D eigenvalue weighted by molar-refractivity contribution is -0.133. The van der Waals surface area contributed by atoms with Crippen LogP contribution in [0.25, 0.3) is 0 Å². The van der Waals surface area contributed by atoms with Crippen molar-refractivity contribution >= 4 is 27.9 Å². The number of amides is 1. The molecule has 0 aromatic carbocycles. The Hall–Kier alpha value is -0.880. The van der Waals surface area contributed by atoms with Gasteiger partial charge < -0.3 is 11.1 Å². The fourth-order valence-corrected chi connectivity index (χ4v) is 1.50. The van der Waals surface area contributed by atoms with Crippen molar-refractivity contribution in [1.29, 1.82) is 0 Å². The molecule has 3 N–H and O–H groups in total. The quantitative estimate of drug-likeness (QED) is 0.521. The van der Waals surface area contributed by atoms with Crippen LogP contribution in [0, 0.1) is 0 Å². The van der Waals surface area contributed by atoms with E-state index in [0.717, 1.165) is 0 Å². The zero-order chi connectivity index (χ0) is 9.35. The van der Waals surface area contributed by atoms with Gasteiger partial charge in [-0.15, -0.1) is 0 Å². The largest absolute Gasteiger partial charge is 0.359 e. The molecule has 0 aromatic heterocycles. The average Bonchev–Trinajstić information content (AvgIpc) is 2.04. The fourth-order valence-electron chi connectivity index (χ4n) is 0.789. The molecule has 0 saturated carbocycles. The number of nitrogens with one attached hydrogen (secondary N) is 1. The molecule has 0 unspecified atom stereocenters. The maximum Gasteiger partial charge on any atom is 0.225 e. The van der Waals surface area contributed by atoms with Gasteiger partial charge in [0.2, 0.25) is 16.1 Å². The van der Waals surface area contributed by atoms with Crippen molar-refractivity contribution in [2.45, 2.75) is 12.0 Å². The molecule has 1 fully saturated rings. The van der Waals surface area contributed by atoms with Crippen LogP contribution in [0.3, 0.4) is 0 Å². The van der Waals surface area contributed by atoms with Gasteiger partial charge in [-0.05, 0) is 11.8 Å². The van der Waals surface area contributed by atoms with Gasteiger partial charge >= 0.3 is 0 Å². The predicted octanol–water partition coefficient (Wildman–Crippen LogP) is -1.38. The summed E-state index contributed by atoms with van der Waals surface area (Å²) in [6.07, 6.45) is -0.256. The Morgan fingerprint density at radius 1 is 1.58 bits per heavy atom. The summed E-state index contributed by atoms with van der Waals surface area (Å²) in [6, 6.07) is 0. The molecular formula is C6H8N2O3S. The molecule has 0 aliphatic carbocycles. The Morgan fingerprint density at radius 2 is 2.08 bits per heavy atom. The first-order chi connectivity index (χ1) is 5.50. The molecule has 1 rings (SSSR count). The number of carbonyl (C=O) groups is 3. The van der Waals surface area contributed by atoms with E-state index < -0.39 is 21.7 Å². The number of carbonyl (C=O) groups excluding carboxylic acids is 3. The third-order valence-electron chi connectivity index (χ3n) is 1.63. The molecule has 6 heteroatoms. The Morgan fingerprint density at radius 3 is 2.42 bits per heavy atom. The van der Waals surface area contributed by atoms with Gasteiger partial charge in [0.15, 0.2) is 5.54 Å². The molecule has 1 aliphatic rings. The average molecular weight is 188 g/mol. The van der Waals surface area contributed by atoms with E-state index in [2.05, 4.69) is 5.32 Å². The van der Waals surface area contributed by atoms with Crippen LogP contribution >= 0.6 is 11.8 Å². The lowest BCUT2D eigenvalue weighted by atomic mass is 9.98. The lowest BCUT2D eigenvalue weighted by Crippen LogP contribution is -2.62. The number of thioether (sulfide) groups is 1. The van der Waals surface area contributed by atoms with Gasteiger partial charge in [0.05, 0.1) is 6.42 Å². The molecule has 66 valence electrons. The molecule has 0 bridgehead atoms. The van der Waals surface area contributed by atoms with E-state index in [0.29, 0.717) is 11.8 Å². The molecule has 5 nitrogen and oxygen atoms in total. The van der Waals surface area contributed by atoms with Crippen molar-refractivity contribution in [2.75, 3.05) is 7.05 Å². The van der Waals surface area contributed by atoms with E-state index >= 15 is 0 Å². The zero-order valence-corrected chi connectivity index (χ0v) is 7.23. The van der Waals surface area contributed by atoms with Crippen molar-refractivity contribution in [3.05, 3.63) is 0 Å². The minimum Gasteiger partial charge on any atom is -0.359 e. The first kappa shape index (κ1) is 9.21. The lowest BCUT2D eigenvalue weighted by Gasteiger charge is -2.31. The van der Waals surface area contributed by atoms with E-state index in [1.165, 1.54) is 7.05 Å². The van der Waals surface area contributed by atoms with Crippen molar-refractivity contribution in [1.82, 2.24) is 5.32 Å². The van der Waals surface area contributed by atoms with Crippen LogP contribution in [0.1, 0.15) is 6.42 Å². The number of hydrogen-bond donors (Lipinski definition) is 2. The Balaban J connectivity index is 2.66. The maximum absolute atomic E-state index is 10.9. The highest BCUT2D eigenvalue weighted by Crippen LogP contribution is 2.33. The fraction of sp³-hybridized carbons (Fsp3) is 0.500. The summed E-state index contributed by atoms with van der Waals surface area (Å²) in [7, 11) is 1.42. The van der Waals surface area contributed by atoms with Gasteiger partial charge in [-0.3, -0.25) is 14.4 Å². The first-order valence-corrected chi connectivity index (χ1v) is 4.08. The maximum atomic E-state index is 10.9. The second-order valence-electron chi connectivity index (χ2n) is 2.50. The SMILES string of the molecule is CNC(=O)CC1(N)C(=O)SC1=O. The first-order valence-electron chi connectivity index (χ1n) is 3.27. The second-order valence-corrected chi connectivity index (χ2v) is 3.44. The van der Waals surface area contributed by atoms with Crippen LogP contribution in [0.5, 0.6) is 0 Å². The molecule has 1 saturated heterocycles. The topological polar surface area (TPSA) is 89.3 Å². The van der Waals surface area contributed by atoms with Gasteiger partial charge in [-0.2, -0.15) is 0 Å². The highest BCUT2D eigenvalue weighted by atomic mass is 32.2. The molecule has 0 radical (unpaired) electrons. The summed E-state index contributed by atoms with van der Waals surface area (Å²) in [6.45, 7) is 0. The van der Waals surface area contributed by atoms with Crippen LogP contribution in [-0.2, 0) is 14.4 Å². The van der Waals surface area contributed by atoms with Gasteiger partial charge in [-0.25, -0.2) is 0 Å². The number of hydrogen-bond acceptors (Lipinski definition) is 5. The zero-order valence-electron chi connectivity index (χ0n) is 6.42. The van der Waals surface area contributed by atoms with Crippen LogP contribution < -0.4 is 11.1 Å². The van der Waals surface area contributed by atoms with E-state index in [1.807, 2.05) is 0 Å². The van der Waals surface area contributed by atoms with Gasteiger partial charge in [-0.1, -0.05) is 0 Å². The van der Waals surface area contributed by atoms with Crippen LogP contribution in [-0.4, -0.2) is 28.7 Å². The Labute approximate surface area is 73.1 Å². The summed E-state index contributed by atoms with van der Waals surface area (Å²) in [4.78, 5) is 32.5. The summed E-state index contributed by atoms with van der Waals surface area (Å²) in [5, 5.41) is 1.43. The normalized spacial score (nSPS) is 20.2. The molecule has 0 atom stereocenters. The van der Waals surface area contributed by atoms with Crippen molar-refractivity contribution < 1.29 is 14.4 Å². The van der Waals surface area contributed by atoms with Crippen LogP contribution in [0.2, 0.25) is 0 Å². The van der Waals surface area contributed by atoms with Crippen molar-refractivity contribution in [2.24, 2.45) is 5.73 Å². The third-order valence-corrected chi connectivity index (χ3v) is 2.73. The van der Waals surface area contributed by atoms with E-state index in [9.17, 15) is 14.4 Å². The smallest absolute Gasteiger partial charge is 0.225 e. The minimum atomic E-state index is -1.56. The van der Waals surface area contributed by atoms with Crippen molar-refractivity contribution in [3.8, 4) is 0 Å². The molecule has 1 aliphatic heterocycles. The molecule has 1 amide bonds. The summed E-state index contributed by atoms with van der Waals surface area (Å²) < 4.78 is 0. The predicted molar refractivity (Wildman–Crippen MR) is 43.2 cm³/mol. The van der Waals surface area contributed by atoms with Gasteiger partial charge in [0, 0.05) is 7.05 Å². The van der Waals surface area contributed by atoms with Gasteiger partial charge in [0.1, 0.15) is 0 Å². The van der Waals surface area contributed by atoms with Gasteiger partial charge in [0.25, 0.3) is 0 Å². The molecular weight excluding hydrogens is 180 g/mol. The van der Waals surface area contributed by atoms with Crippen molar-refractivity contribution in [3.63, 3.8) is 0 Å². The minimum absolute atomic E-state index is 0.256.